The third-order valence-electron chi connectivity index (χ3n) is 2.89. The van der Waals surface area contributed by atoms with E-state index < -0.39 is 17.8 Å². The van der Waals surface area contributed by atoms with Gasteiger partial charge in [0.1, 0.15) is 6.10 Å². The molecule has 1 N–H and O–H groups in total. The SMILES string of the molecule is CCCn1nncc1C(O)c1cccc(C(F)(F)F)c1. The van der Waals surface area contributed by atoms with Gasteiger partial charge in [0.2, 0.25) is 0 Å². The number of aryl methyl sites for hydroxylation is 1. The van der Waals surface area contributed by atoms with E-state index in [4.69, 9.17) is 0 Å². The van der Waals surface area contributed by atoms with Crippen LogP contribution in [0.1, 0.15) is 36.3 Å². The number of aromatic nitrogens is 3. The first kappa shape index (κ1) is 14.5. The maximum atomic E-state index is 12.7. The highest BCUT2D eigenvalue weighted by Crippen LogP contribution is 2.31. The van der Waals surface area contributed by atoms with E-state index in [0.29, 0.717) is 12.2 Å². The van der Waals surface area contributed by atoms with E-state index in [-0.39, 0.29) is 5.56 Å². The first-order valence-electron chi connectivity index (χ1n) is 6.17. The van der Waals surface area contributed by atoms with Crippen LogP contribution in [0.3, 0.4) is 0 Å². The van der Waals surface area contributed by atoms with Crippen molar-refractivity contribution < 1.29 is 18.3 Å². The third-order valence-corrected chi connectivity index (χ3v) is 2.89. The largest absolute Gasteiger partial charge is 0.416 e. The summed E-state index contributed by atoms with van der Waals surface area (Å²) in [6.07, 6.45) is -3.47. The van der Waals surface area contributed by atoms with Gasteiger partial charge < -0.3 is 5.11 Å². The number of rotatable bonds is 4. The van der Waals surface area contributed by atoms with Crippen LogP contribution in [-0.2, 0) is 12.7 Å². The maximum Gasteiger partial charge on any atom is 0.416 e. The van der Waals surface area contributed by atoms with Crippen molar-refractivity contribution in [2.75, 3.05) is 0 Å². The number of alkyl halides is 3. The average molecular weight is 285 g/mol. The molecule has 0 aliphatic carbocycles. The first-order valence-corrected chi connectivity index (χ1v) is 6.17. The highest BCUT2D eigenvalue weighted by atomic mass is 19.4. The van der Waals surface area contributed by atoms with Crippen LogP contribution in [0.25, 0.3) is 0 Å². The first-order chi connectivity index (χ1) is 9.43. The molecule has 0 spiro atoms. The molecule has 4 nitrogen and oxygen atoms in total. The summed E-state index contributed by atoms with van der Waals surface area (Å²) in [5.41, 5.74) is -0.241. The van der Waals surface area contributed by atoms with Gasteiger partial charge in [0.05, 0.1) is 17.5 Å². The van der Waals surface area contributed by atoms with E-state index in [2.05, 4.69) is 10.3 Å². The van der Waals surface area contributed by atoms with Crippen LogP contribution in [0, 0.1) is 0 Å². The molecule has 0 saturated heterocycles. The molecule has 1 heterocycles. The maximum absolute atomic E-state index is 12.7. The van der Waals surface area contributed by atoms with Gasteiger partial charge in [-0.15, -0.1) is 5.10 Å². The number of aliphatic hydroxyl groups excluding tert-OH is 1. The Kier molecular flexibility index (Phi) is 4.08. The van der Waals surface area contributed by atoms with Crippen LogP contribution in [0.4, 0.5) is 13.2 Å². The average Bonchev–Trinajstić information content (AvgIpc) is 2.86. The number of hydrogen-bond acceptors (Lipinski definition) is 3. The Hall–Kier alpha value is -1.89. The Morgan fingerprint density at radius 3 is 2.75 bits per heavy atom. The second kappa shape index (κ2) is 5.62. The van der Waals surface area contributed by atoms with Crippen molar-refractivity contribution in [1.82, 2.24) is 15.0 Å². The van der Waals surface area contributed by atoms with E-state index in [1.807, 2.05) is 6.92 Å². The Bertz CT molecular complexity index is 580. The van der Waals surface area contributed by atoms with E-state index >= 15 is 0 Å². The van der Waals surface area contributed by atoms with Gasteiger partial charge in [0, 0.05) is 6.54 Å². The molecule has 0 amide bonds. The summed E-state index contributed by atoms with van der Waals surface area (Å²) in [7, 11) is 0. The topological polar surface area (TPSA) is 50.9 Å². The van der Waals surface area contributed by atoms with Gasteiger partial charge in [0.15, 0.2) is 0 Å². The monoisotopic (exact) mass is 285 g/mol. The van der Waals surface area contributed by atoms with E-state index in [0.717, 1.165) is 18.6 Å². The van der Waals surface area contributed by atoms with Gasteiger partial charge >= 0.3 is 6.18 Å². The summed E-state index contributed by atoms with van der Waals surface area (Å²) in [4.78, 5) is 0. The lowest BCUT2D eigenvalue weighted by Crippen LogP contribution is -2.11. The molecular formula is C13H14F3N3O. The summed E-state index contributed by atoms with van der Waals surface area (Å²) in [5, 5.41) is 17.7. The lowest BCUT2D eigenvalue weighted by molar-refractivity contribution is -0.137. The molecule has 20 heavy (non-hydrogen) atoms. The second-order valence-electron chi connectivity index (χ2n) is 4.41. The molecule has 0 bridgehead atoms. The Morgan fingerprint density at radius 2 is 2.10 bits per heavy atom. The van der Waals surface area contributed by atoms with Gasteiger partial charge in [-0.1, -0.05) is 24.3 Å². The van der Waals surface area contributed by atoms with Gasteiger partial charge in [-0.3, -0.25) is 0 Å². The minimum atomic E-state index is -4.43. The van der Waals surface area contributed by atoms with Crippen molar-refractivity contribution in [3.8, 4) is 0 Å². The molecule has 1 aromatic heterocycles. The third kappa shape index (κ3) is 2.98. The summed E-state index contributed by atoms with van der Waals surface area (Å²) in [5.74, 6) is 0. The smallest absolute Gasteiger partial charge is 0.382 e. The Morgan fingerprint density at radius 1 is 1.35 bits per heavy atom. The molecule has 1 aromatic carbocycles. The number of halogens is 3. The molecule has 0 aliphatic rings. The molecule has 0 radical (unpaired) electrons. The van der Waals surface area contributed by atoms with Crippen LogP contribution in [-0.4, -0.2) is 20.1 Å². The molecule has 7 heteroatoms. The van der Waals surface area contributed by atoms with Crippen LogP contribution in [0.15, 0.2) is 30.5 Å². The Labute approximate surface area is 113 Å². The zero-order valence-corrected chi connectivity index (χ0v) is 10.8. The predicted molar refractivity (Wildman–Crippen MR) is 65.8 cm³/mol. The number of aliphatic hydroxyl groups is 1. The zero-order chi connectivity index (χ0) is 14.8. The molecule has 1 atom stereocenters. The van der Waals surface area contributed by atoms with Gasteiger partial charge in [0.25, 0.3) is 0 Å². The highest BCUT2D eigenvalue weighted by Gasteiger charge is 2.31. The predicted octanol–water partition coefficient (Wildman–Crippen LogP) is 2.79. The fourth-order valence-electron chi connectivity index (χ4n) is 1.92. The van der Waals surface area contributed by atoms with Crippen molar-refractivity contribution in [2.45, 2.75) is 32.2 Å². The van der Waals surface area contributed by atoms with Gasteiger partial charge in [-0.2, -0.15) is 13.2 Å². The van der Waals surface area contributed by atoms with Crippen LogP contribution in [0.2, 0.25) is 0 Å². The summed E-state index contributed by atoms with van der Waals surface area (Å²) < 4.78 is 39.5. The molecule has 1 unspecified atom stereocenters. The molecule has 2 rings (SSSR count). The quantitative estimate of drug-likeness (QED) is 0.939. The minimum Gasteiger partial charge on any atom is -0.382 e. The lowest BCUT2D eigenvalue weighted by atomic mass is 10.0. The summed E-state index contributed by atoms with van der Waals surface area (Å²) in [6.45, 7) is 2.48. The van der Waals surface area contributed by atoms with Crippen LogP contribution in [0.5, 0.6) is 0 Å². The highest BCUT2D eigenvalue weighted by molar-refractivity contribution is 5.30. The molecular weight excluding hydrogens is 271 g/mol. The second-order valence-corrected chi connectivity index (χ2v) is 4.41. The molecule has 0 fully saturated rings. The standard InChI is InChI=1S/C13H14F3N3O/c1-2-6-19-11(8-17-18-19)12(20)9-4-3-5-10(7-9)13(14,15)16/h3-5,7-8,12,20H,2,6H2,1H3. The number of nitrogens with zero attached hydrogens (tertiary/aromatic N) is 3. The van der Waals surface area contributed by atoms with Crippen molar-refractivity contribution in [3.05, 3.63) is 47.3 Å². The summed E-state index contributed by atoms with van der Waals surface area (Å²) in [6, 6.07) is 4.63. The summed E-state index contributed by atoms with van der Waals surface area (Å²) >= 11 is 0. The van der Waals surface area contributed by atoms with Crippen LogP contribution < -0.4 is 0 Å². The fourth-order valence-corrected chi connectivity index (χ4v) is 1.92. The molecule has 0 aliphatic heterocycles. The molecule has 2 aromatic rings. The lowest BCUT2D eigenvalue weighted by Gasteiger charge is -2.14. The van der Waals surface area contributed by atoms with Crippen molar-refractivity contribution in [3.63, 3.8) is 0 Å². The van der Waals surface area contributed by atoms with E-state index in [1.54, 1.807) is 0 Å². The Balaban J connectivity index is 2.33. The minimum absolute atomic E-state index is 0.166. The van der Waals surface area contributed by atoms with Crippen molar-refractivity contribution in [2.24, 2.45) is 0 Å². The number of hydrogen-bond donors (Lipinski definition) is 1. The molecule has 0 saturated carbocycles. The zero-order valence-electron chi connectivity index (χ0n) is 10.8. The van der Waals surface area contributed by atoms with Crippen LogP contribution >= 0.6 is 0 Å². The van der Waals surface area contributed by atoms with Crippen molar-refractivity contribution >= 4 is 0 Å². The number of benzene rings is 1. The van der Waals surface area contributed by atoms with Gasteiger partial charge in [-0.25, -0.2) is 4.68 Å². The normalized spacial score (nSPS) is 13.4. The fraction of sp³-hybridized carbons (Fsp3) is 0.385. The van der Waals surface area contributed by atoms with E-state index in [9.17, 15) is 18.3 Å². The van der Waals surface area contributed by atoms with Gasteiger partial charge in [-0.05, 0) is 24.1 Å². The van der Waals surface area contributed by atoms with Crippen molar-refractivity contribution in [1.29, 1.82) is 0 Å². The molecule has 108 valence electrons. The van der Waals surface area contributed by atoms with E-state index in [1.165, 1.54) is 23.0 Å².